The standard InChI is InChI=1S/C16H17FN2O/c1-3-11-9-10-19(16(18)20)15(14(11)4-2)12-5-7-13(17)8-6-12/h3-8,15H,1-2,9-10H2,(H2,18,20)/t15-/m0/s1. The topological polar surface area (TPSA) is 46.3 Å². The van der Waals surface area contributed by atoms with Crippen molar-refractivity contribution in [3.63, 3.8) is 0 Å². The van der Waals surface area contributed by atoms with Crippen molar-refractivity contribution in [2.45, 2.75) is 12.5 Å². The minimum absolute atomic E-state index is 0.316. The van der Waals surface area contributed by atoms with Gasteiger partial charge < -0.3 is 10.6 Å². The first kappa shape index (κ1) is 14.1. The van der Waals surface area contributed by atoms with Crippen LogP contribution in [0.15, 0.2) is 60.7 Å². The van der Waals surface area contributed by atoms with E-state index in [9.17, 15) is 9.18 Å². The van der Waals surface area contributed by atoms with Gasteiger partial charge in [0.1, 0.15) is 5.82 Å². The van der Waals surface area contributed by atoms with E-state index in [0.29, 0.717) is 13.0 Å². The molecule has 0 saturated carbocycles. The van der Waals surface area contributed by atoms with E-state index >= 15 is 0 Å². The van der Waals surface area contributed by atoms with Crippen LogP contribution >= 0.6 is 0 Å². The number of hydrogen-bond donors (Lipinski definition) is 1. The molecule has 2 N–H and O–H groups in total. The van der Waals surface area contributed by atoms with Gasteiger partial charge in [-0.1, -0.05) is 37.4 Å². The fraction of sp³-hybridized carbons (Fsp3) is 0.188. The third kappa shape index (κ3) is 2.50. The van der Waals surface area contributed by atoms with Crippen molar-refractivity contribution in [2.24, 2.45) is 5.73 Å². The Labute approximate surface area is 117 Å². The van der Waals surface area contributed by atoms with E-state index in [0.717, 1.165) is 16.7 Å². The predicted molar refractivity (Wildman–Crippen MR) is 77.5 cm³/mol. The zero-order valence-electron chi connectivity index (χ0n) is 11.2. The quantitative estimate of drug-likeness (QED) is 0.901. The number of carbonyl (C=O) groups is 1. The lowest BCUT2D eigenvalue weighted by molar-refractivity contribution is 0.190. The highest BCUT2D eigenvalue weighted by Gasteiger charge is 2.30. The first-order valence-electron chi connectivity index (χ1n) is 6.38. The number of carbonyl (C=O) groups excluding carboxylic acids is 1. The summed E-state index contributed by atoms with van der Waals surface area (Å²) >= 11 is 0. The Morgan fingerprint density at radius 3 is 2.45 bits per heavy atom. The number of primary amides is 1. The van der Waals surface area contributed by atoms with Gasteiger partial charge >= 0.3 is 6.03 Å². The molecule has 0 spiro atoms. The second-order valence-electron chi connectivity index (χ2n) is 4.62. The molecule has 0 aliphatic carbocycles. The molecule has 1 aromatic rings. The lowest BCUT2D eigenvalue weighted by Gasteiger charge is -2.36. The number of nitrogens with two attached hydrogens (primary N) is 1. The van der Waals surface area contributed by atoms with Gasteiger partial charge in [-0.15, -0.1) is 0 Å². The van der Waals surface area contributed by atoms with Gasteiger partial charge in [-0.3, -0.25) is 0 Å². The SMILES string of the molecule is C=CC1=C(C=C)[C@H](c2ccc(F)cc2)N(C(N)=O)CC1. The van der Waals surface area contributed by atoms with Gasteiger partial charge in [0.25, 0.3) is 0 Å². The molecule has 3 nitrogen and oxygen atoms in total. The molecule has 0 radical (unpaired) electrons. The molecular weight excluding hydrogens is 255 g/mol. The minimum Gasteiger partial charge on any atom is -0.351 e. The number of nitrogens with zero attached hydrogens (tertiary/aromatic N) is 1. The minimum atomic E-state index is -0.498. The molecule has 2 rings (SSSR count). The molecule has 20 heavy (non-hydrogen) atoms. The van der Waals surface area contributed by atoms with Crippen molar-refractivity contribution in [2.75, 3.05) is 6.54 Å². The van der Waals surface area contributed by atoms with Gasteiger partial charge in [0.2, 0.25) is 0 Å². The zero-order chi connectivity index (χ0) is 14.7. The Bertz CT molecular complexity index is 575. The van der Waals surface area contributed by atoms with E-state index in [1.54, 1.807) is 29.2 Å². The molecule has 0 fully saturated rings. The van der Waals surface area contributed by atoms with E-state index < -0.39 is 6.03 Å². The second kappa shape index (κ2) is 5.74. The number of allylic oxidation sites excluding steroid dienone is 1. The van der Waals surface area contributed by atoms with Crippen LogP contribution in [-0.2, 0) is 0 Å². The Hall–Kier alpha value is -2.36. The Morgan fingerprint density at radius 2 is 1.95 bits per heavy atom. The van der Waals surface area contributed by atoms with Crippen LogP contribution < -0.4 is 5.73 Å². The molecule has 0 aromatic heterocycles. The van der Waals surface area contributed by atoms with Crippen LogP contribution in [0.5, 0.6) is 0 Å². The summed E-state index contributed by atoms with van der Waals surface area (Å²) < 4.78 is 13.1. The van der Waals surface area contributed by atoms with Gasteiger partial charge in [-0.2, -0.15) is 0 Å². The van der Waals surface area contributed by atoms with Crippen LogP contribution in [0, 0.1) is 5.82 Å². The molecule has 2 amide bonds. The third-order valence-electron chi connectivity index (χ3n) is 3.53. The summed E-state index contributed by atoms with van der Waals surface area (Å²) in [7, 11) is 0. The van der Waals surface area contributed by atoms with Gasteiger partial charge in [0.15, 0.2) is 0 Å². The maximum atomic E-state index is 13.1. The van der Waals surface area contributed by atoms with Crippen LogP contribution in [0.1, 0.15) is 18.0 Å². The molecule has 0 unspecified atom stereocenters. The number of hydrogen-bond acceptors (Lipinski definition) is 1. The molecule has 1 heterocycles. The summed E-state index contributed by atoms with van der Waals surface area (Å²) in [6, 6.07) is 5.22. The molecule has 1 aliphatic rings. The van der Waals surface area contributed by atoms with E-state index in [-0.39, 0.29) is 11.9 Å². The Balaban J connectivity index is 2.55. The van der Waals surface area contributed by atoms with Crippen molar-refractivity contribution in [1.29, 1.82) is 0 Å². The molecule has 1 aliphatic heterocycles. The summed E-state index contributed by atoms with van der Waals surface area (Å²) in [6.45, 7) is 8.12. The zero-order valence-corrected chi connectivity index (χ0v) is 11.2. The summed E-state index contributed by atoms with van der Waals surface area (Å²) in [5.41, 5.74) is 8.18. The molecule has 104 valence electrons. The second-order valence-corrected chi connectivity index (χ2v) is 4.62. The fourth-order valence-corrected chi connectivity index (χ4v) is 2.56. The van der Waals surface area contributed by atoms with Gasteiger partial charge in [0, 0.05) is 6.54 Å². The molecule has 1 aromatic carbocycles. The normalized spacial score (nSPS) is 18.9. The largest absolute Gasteiger partial charge is 0.351 e. The number of rotatable bonds is 3. The van der Waals surface area contributed by atoms with Crippen molar-refractivity contribution in [3.05, 3.63) is 72.1 Å². The lowest BCUT2D eigenvalue weighted by Crippen LogP contribution is -2.42. The molecule has 4 heteroatoms. The van der Waals surface area contributed by atoms with E-state index in [2.05, 4.69) is 13.2 Å². The predicted octanol–water partition coefficient (Wildman–Crippen LogP) is 3.32. The first-order valence-corrected chi connectivity index (χ1v) is 6.38. The van der Waals surface area contributed by atoms with Crippen LogP contribution in [0.2, 0.25) is 0 Å². The highest BCUT2D eigenvalue weighted by molar-refractivity contribution is 5.74. The first-order chi connectivity index (χ1) is 9.58. The van der Waals surface area contributed by atoms with Gasteiger partial charge in [-0.05, 0) is 35.3 Å². The number of halogens is 1. The fourth-order valence-electron chi connectivity index (χ4n) is 2.56. The van der Waals surface area contributed by atoms with Gasteiger partial charge in [-0.25, -0.2) is 9.18 Å². The average molecular weight is 272 g/mol. The summed E-state index contributed by atoms with van der Waals surface area (Å²) in [6.07, 6.45) is 4.16. The number of amides is 2. The molecule has 0 saturated heterocycles. The van der Waals surface area contributed by atoms with Crippen molar-refractivity contribution >= 4 is 6.03 Å². The Morgan fingerprint density at radius 1 is 1.30 bits per heavy atom. The van der Waals surface area contributed by atoms with E-state index in [4.69, 9.17) is 5.73 Å². The highest BCUT2D eigenvalue weighted by atomic mass is 19.1. The Kier molecular flexibility index (Phi) is 4.03. The maximum absolute atomic E-state index is 13.1. The molecule has 1 atom stereocenters. The van der Waals surface area contributed by atoms with Crippen LogP contribution in [0.3, 0.4) is 0 Å². The van der Waals surface area contributed by atoms with Crippen molar-refractivity contribution < 1.29 is 9.18 Å². The van der Waals surface area contributed by atoms with E-state index in [1.807, 2.05) is 0 Å². The summed E-state index contributed by atoms with van der Waals surface area (Å²) in [5.74, 6) is -0.316. The third-order valence-corrected chi connectivity index (χ3v) is 3.53. The van der Waals surface area contributed by atoms with Crippen molar-refractivity contribution in [3.8, 4) is 0 Å². The van der Waals surface area contributed by atoms with Crippen LogP contribution in [0.4, 0.5) is 9.18 Å². The summed E-state index contributed by atoms with van der Waals surface area (Å²) in [4.78, 5) is 13.2. The smallest absolute Gasteiger partial charge is 0.315 e. The monoisotopic (exact) mass is 272 g/mol. The highest BCUT2D eigenvalue weighted by Crippen LogP contribution is 2.36. The average Bonchev–Trinajstić information content (AvgIpc) is 2.46. The van der Waals surface area contributed by atoms with Crippen LogP contribution in [-0.4, -0.2) is 17.5 Å². The maximum Gasteiger partial charge on any atom is 0.315 e. The number of urea groups is 1. The number of benzene rings is 1. The van der Waals surface area contributed by atoms with Crippen LogP contribution in [0.25, 0.3) is 0 Å². The lowest BCUT2D eigenvalue weighted by atomic mass is 9.88. The van der Waals surface area contributed by atoms with Crippen molar-refractivity contribution in [1.82, 2.24) is 4.90 Å². The molecule has 0 bridgehead atoms. The van der Waals surface area contributed by atoms with Gasteiger partial charge in [0.05, 0.1) is 6.04 Å². The summed E-state index contributed by atoms with van der Waals surface area (Å²) in [5, 5.41) is 0. The van der Waals surface area contributed by atoms with E-state index in [1.165, 1.54) is 12.1 Å². The molecular formula is C16H17FN2O.